The van der Waals surface area contributed by atoms with Gasteiger partial charge < -0.3 is 25.0 Å². The maximum Gasteiger partial charge on any atom is 0.417 e. The highest BCUT2D eigenvalue weighted by molar-refractivity contribution is 7.91. The second-order valence-electron chi connectivity index (χ2n) is 13.7. The summed E-state index contributed by atoms with van der Waals surface area (Å²) in [5, 5.41) is 6.41. The van der Waals surface area contributed by atoms with Crippen molar-refractivity contribution in [3.05, 3.63) is 67.0 Å². The van der Waals surface area contributed by atoms with E-state index in [0.29, 0.717) is 30.2 Å². The minimum Gasteiger partial charge on any atom is -0.497 e. The van der Waals surface area contributed by atoms with Gasteiger partial charge in [-0.05, 0) is 67.0 Å². The summed E-state index contributed by atoms with van der Waals surface area (Å²) in [6.07, 6.45) is -0.742. The summed E-state index contributed by atoms with van der Waals surface area (Å²) in [6, 6.07) is 6.83. The fraction of sp³-hybridized carbons (Fsp3) is 0.457. The Labute approximate surface area is 298 Å². The van der Waals surface area contributed by atoms with Crippen molar-refractivity contribution >= 4 is 44.3 Å². The number of anilines is 1. The Morgan fingerprint density at radius 3 is 2.46 bits per heavy atom. The summed E-state index contributed by atoms with van der Waals surface area (Å²) >= 11 is 0. The summed E-state index contributed by atoms with van der Waals surface area (Å²) in [5.74, 6) is -2.26. The van der Waals surface area contributed by atoms with Crippen molar-refractivity contribution in [2.45, 2.75) is 74.7 Å². The molecule has 278 valence electrons. The molecule has 3 aromatic rings. The molecule has 52 heavy (non-hydrogen) atoms. The third-order valence-electron chi connectivity index (χ3n) is 9.64. The lowest BCUT2D eigenvalue weighted by molar-refractivity contribution is -0.140. The first kappa shape index (κ1) is 36.8. The number of hydrogen-bond acceptors (Lipinski definition) is 10. The number of methoxy groups -OCH3 is 1. The minimum absolute atomic E-state index is 0.0164. The van der Waals surface area contributed by atoms with Crippen LogP contribution in [0.5, 0.6) is 11.6 Å². The standard InChI is InChI=1S/C35H39F3N6O7S/c1-5-21-16-34(21,33(47)43-52(48,49)25-8-9-25)42-30(45)27-15-24(51-31-26-10-7-23(50-4)14-20(26)12-13-39-31)18-44(27)32(46)29(19(2)3)41-28-11-6-22(17-40-28)35(36,37)38/h5-7,10-14,17,19,21,24-25,27,29H,1,8-9,15-16,18H2,2-4H3,(H,40,41)(H,42,45)(H,43,47)/t21-,24-,27+,29?,34-/m1/s1. The lowest BCUT2D eigenvalue weighted by Crippen LogP contribution is -2.58. The first-order valence-electron chi connectivity index (χ1n) is 16.8. The summed E-state index contributed by atoms with van der Waals surface area (Å²) in [7, 11) is -2.39. The van der Waals surface area contributed by atoms with Crippen LogP contribution >= 0.6 is 0 Å². The van der Waals surface area contributed by atoms with E-state index in [2.05, 4.69) is 31.9 Å². The zero-order chi connectivity index (χ0) is 37.6. The van der Waals surface area contributed by atoms with Crippen molar-refractivity contribution in [1.82, 2.24) is 24.9 Å². The number of likely N-dealkylation sites (tertiary alicyclic amines) is 1. The second kappa shape index (κ2) is 13.9. The summed E-state index contributed by atoms with van der Waals surface area (Å²) in [5.41, 5.74) is -2.55. The van der Waals surface area contributed by atoms with E-state index in [1.54, 1.807) is 51.4 Å². The molecule has 0 bridgehead atoms. The number of fused-ring (bicyclic) bond motifs is 1. The van der Waals surface area contributed by atoms with Crippen LogP contribution in [0, 0.1) is 11.8 Å². The first-order chi connectivity index (χ1) is 24.6. The topological polar surface area (TPSA) is 169 Å². The molecule has 3 N–H and O–H groups in total. The Bertz CT molecular complexity index is 1990. The maximum atomic E-state index is 14.3. The molecule has 0 radical (unpaired) electrons. The number of carbonyl (C=O) groups excluding carboxylic acids is 3. The van der Waals surface area contributed by atoms with E-state index in [0.717, 1.165) is 17.5 Å². The number of carbonyl (C=O) groups is 3. The van der Waals surface area contributed by atoms with E-state index in [4.69, 9.17) is 9.47 Å². The van der Waals surface area contributed by atoms with Gasteiger partial charge in [-0.25, -0.2) is 18.4 Å². The molecular weight excluding hydrogens is 705 g/mol. The molecule has 17 heteroatoms. The SMILES string of the molecule is C=C[C@@H]1C[C@]1(NC(=O)[C@@H]1C[C@@H](Oc2nccc3cc(OC)ccc23)CN1C(=O)C(Nc1ccc(C(F)(F)F)cn1)C(C)C)C(=O)NS(=O)(=O)C1CC1. The zero-order valence-electron chi connectivity index (χ0n) is 28.6. The average Bonchev–Trinajstić information content (AvgIpc) is 4.03. The van der Waals surface area contributed by atoms with Crippen LogP contribution in [0.3, 0.4) is 0 Å². The Morgan fingerprint density at radius 1 is 1.12 bits per heavy atom. The van der Waals surface area contributed by atoms with Gasteiger partial charge in [0.1, 0.15) is 35.3 Å². The van der Waals surface area contributed by atoms with E-state index in [9.17, 15) is 36.0 Å². The Morgan fingerprint density at radius 2 is 1.87 bits per heavy atom. The molecule has 2 aliphatic carbocycles. The van der Waals surface area contributed by atoms with Gasteiger partial charge in [-0.2, -0.15) is 13.2 Å². The number of benzene rings is 1. The number of amides is 3. The molecule has 1 aromatic carbocycles. The highest BCUT2D eigenvalue weighted by Gasteiger charge is 2.62. The van der Waals surface area contributed by atoms with Crippen LogP contribution < -0.4 is 24.8 Å². The molecule has 3 aliphatic rings. The van der Waals surface area contributed by atoms with E-state index in [1.807, 2.05) is 0 Å². The predicted octanol–water partition coefficient (Wildman–Crippen LogP) is 3.81. The Hall–Kier alpha value is -4.93. The average molecular weight is 745 g/mol. The van der Waals surface area contributed by atoms with Crippen molar-refractivity contribution < 1.29 is 45.4 Å². The molecule has 1 aliphatic heterocycles. The third kappa shape index (κ3) is 7.49. The molecule has 5 atom stereocenters. The van der Waals surface area contributed by atoms with Gasteiger partial charge in [0.05, 0.1) is 24.5 Å². The highest BCUT2D eigenvalue weighted by Crippen LogP contribution is 2.45. The first-order valence-corrected chi connectivity index (χ1v) is 18.3. The zero-order valence-corrected chi connectivity index (χ0v) is 29.5. The highest BCUT2D eigenvalue weighted by atomic mass is 32.2. The van der Waals surface area contributed by atoms with Gasteiger partial charge in [0.2, 0.25) is 27.7 Å². The molecule has 1 unspecified atom stereocenters. The van der Waals surface area contributed by atoms with Crippen LogP contribution in [-0.4, -0.2) is 83.6 Å². The summed E-state index contributed by atoms with van der Waals surface area (Å²) < 4.78 is 78.5. The number of alkyl halides is 3. The van der Waals surface area contributed by atoms with Gasteiger partial charge in [-0.1, -0.05) is 19.9 Å². The predicted molar refractivity (Wildman–Crippen MR) is 184 cm³/mol. The number of pyridine rings is 2. The molecule has 2 aromatic heterocycles. The Balaban J connectivity index is 1.28. The molecule has 1 saturated heterocycles. The number of nitrogens with zero attached hydrogens (tertiary/aromatic N) is 3. The van der Waals surface area contributed by atoms with Gasteiger partial charge >= 0.3 is 6.18 Å². The molecular formula is C35H39F3N6O7S. The molecule has 6 rings (SSSR count). The summed E-state index contributed by atoms with van der Waals surface area (Å²) in [6.45, 7) is 7.10. The monoisotopic (exact) mass is 744 g/mol. The van der Waals surface area contributed by atoms with E-state index in [1.165, 1.54) is 11.0 Å². The fourth-order valence-corrected chi connectivity index (χ4v) is 7.76. The van der Waals surface area contributed by atoms with E-state index >= 15 is 0 Å². The molecule has 3 fully saturated rings. The number of rotatable bonds is 13. The number of sulfonamides is 1. The number of halogens is 3. The molecule has 3 heterocycles. The van der Waals surface area contributed by atoms with Crippen LogP contribution in [0.25, 0.3) is 10.8 Å². The largest absolute Gasteiger partial charge is 0.497 e. The van der Waals surface area contributed by atoms with Crippen molar-refractivity contribution in [1.29, 1.82) is 0 Å². The summed E-state index contributed by atoms with van der Waals surface area (Å²) in [4.78, 5) is 51.5. The van der Waals surface area contributed by atoms with Crippen molar-refractivity contribution in [3.63, 3.8) is 0 Å². The molecule has 3 amide bonds. The second-order valence-corrected chi connectivity index (χ2v) is 15.6. The smallest absolute Gasteiger partial charge is 0.417 e. The van der Waals surface area contributed by atoms with Crippen molar-refractivity contribution in [2.24, 2.45) is 11.8 Å². The van der Waals surface area contributed by atoms with Crippen molar-refractivity contribution in [2.75, 3.05) is 19.0 Å². The van der Waals surface area contributed by atoms with Gasteiger partial charge in [0.25, 0.3) is 5.91 Å². The number of nitrogens with one attached hydrogen (secondary N) is 3. The van der Waals surface area contributed by atoms with Gasteiger partial charge in [-0.15, -0.1) is 6.58 Å². The van der Waals surface area contributed by atoms with Gasteiger partial charge in [-0.3, -0.25) is 19.1 Å². The van der Waals surface area contributed by atoms with Crippen LogP contribution in [0.15, 0.2) is 61.4 Å². The lowest BCUT2D eigenvalue weighted by atomic mass is 10.0. The number of ether oxygens (including phenoxy) is 2. The molecule has 0 spiro atoms. The normalized spacial score (nSPS) is 23.5. The minimum atomic E-state index is -4.60. The number of hydrogen-bond donors (Lipinski definition) is 3. The van der Waals surface area contributed by atoms with Gasteiger partial charge in [0.15, 0.2) is 0 Å². The molecule has 2 saturated carbocycles. The van der Waals surface area contributed by atoms with Crippen molar-refractivity contribution in [3.8, 4) is 11.6 Å². The fourth-order valence-electron chi connectivity index (χ4n) is 6.40. The maximum absolute atomic E-state index is 14.3. The number of aromatic nitrogens is 2. The molecule has 13 nitrogen and oxygen atoms in total. The third-order valence-corrected chi connectivity index (χ3v) is 11.5. The van der Waals surface area contributed by atoms with E-state index in [-0.39, 0.29) is 31.1 Å². The lowest BCUT2D eigenvalue weighted by Gasteiger charge is -2.31. The van der Waals surface area contributed by atoms with Crippen LogP contribution in [-0.2, 0) is 30.6 Å². The van der Waals surface area contributed by atoms with Crippen LogP contribution in [0.4, 0.5) is 19.0 Å². The van der Waals surface area contributed by atoms with Gasteiger partial charge in [0, 0.05) is 30.1 Å². The van der Waals surface area contributed by atoms with Crippen LogP contribution in [0.1, 0.15) is 45.1 Å². The van der Waals surface area contributed by atoms with Crippen LogP contribution in [0.2, 0.25) is 0 Å². The Kier molecular flexibility index (Phi) is 9.85. The van der Waals surface area contributed by atoms with E-state index < -0.39 is 80.3 Å². The quantitative estimate of drug-likeness (QED) is 0.219.